The van der Waals surface area contributed by atoms with Crippen LogP contribution in [0.15, 0.2) is 4.99 Å². The Kier molecular flexibility index (Phi) is 12.9. The van der Waals surface area contributed by atoms with E-state index in [1.165, 1.54) is 4.31 Å². The molecule has 0 fully saturated rings. The summed E-state index contributed by atoms with van der Waals surface area (Å²) in [6, 6.07) is 0.0109. The number of unbranched alkanes of at least 4 members (excludes halogenated alkanes) is 1. The quantitative estimate of drug-likeness (QED) is 0.245. The first-order chi connectivity index (χ1) is 13.4. The van der Waals surface area contributed by atoms with Crippen molar-refractivity contribution in [3.8, 4) is 0 Å². The van der Waals surface area contributed by atoms with Crippen LogP contribution < -0.4 is 16.0 Å². The molecule has 0 radical (unpaired) electrons. The van der Waals surface area contributed by atoms with Crippen LogP contribution in [0.1, 0.15) is 60.3 Å². The predicted octanol–water partition coefficient (Wildman–Crippen LogP) is 1.91. The molecule has 0 aliphatic rings. The Hall–Kier alpha value is -1.55. The van der Waals surface area contributed by atoms with Crippen molar-refractivity contribution in [3.63, 3.8) is 0 Å². The first-order valence-electron chi connectivity index (χ1n) is 10.3. The van der Waals surface area contributed by atoms with Crippen LogP contribution in [-0.2, 0) is 14.8 Å². The molecular formula is C19H41N5O4S. The number of carbonyl (C=O) groups is 1. The highest BCUT2D eigenvalue weighted by Crippen LogP contribution is 2.07. The number of aliphatic imine (C=N–C) groups is 1. The lowest BCUT2D eigenvalue weighted by Gasteiger charge is -2.24. The second-order valence-corrected chi connectivity index (χ2v) is 10.3. The van der Waals surface area contributed by atoms with Crippen LogP contribution >= 0.6 is 0 Å². The van der Waals surface area contributed by atoms with Gasteiger partial charge < -0.3 is 20.7 Å². The highest BCUT2D eigenvalue weighted by Gasteiger charge is 2.18. The number of carbonyl (C=O) groups excluding carboxylic acids is 1. The molecule has 10 heteroatoms. The third-order valence-electron chi connectivity index (χ3n) is 4.14. The molecule has 9 nitrogen and oxygen atoms in total. The summed E-state index contributed by atoms with van der Waals surface area (Å²) < 4.78 is 30.2. The van der Waals surface area contributed by atoms with Gasteiger partial charge in [-0.2, -0.15) is 0 Å². The summed E-state index contributed by atoms with van der Waals surface area (Å²) in [5.74, 6) is 0.724. The van der Waals surface area contributed by atoms with E-state index in [0.29, 0.717) is 32.0 Å². The number of sulfonamides is 1. The van der Waals surface area contributed by atoms with E-state index in [4.69, 9.17) is 4.74 Å². The minimum atomic E-state index is -3.15. The Balaban J connectivity index is 4.53. The average Bonchev–Trinajstić information content (AvgIpc) is 2.64. The van der Waals surface area contributed by atoms with Gasteiger partial charge in [-0.15, -0.1) is 0 Å². The first kappa shape index (κ1) is 27.5. The van der Waals surface area contributed by atoms with Crippen LogP contribution in [0.3, 0.4) is 0 Å². The molecule has 0 rings (SSSR count). The molecule has 0 heterocycles. The Labute approximate surface area is 177 Å². The molecule has 1 atom stereocenters. The van der Waals surface area contributed by atoms with Gasteiger partial charge in [0.15, 0.2) is 5.96 Å². The van der Waals surface area contributed by atoms with Gasteiger partial charge in [0.1, 0.15) is 5.60 Å². The lowest BCUT2D eigenvalue weighted by Crippen LogP contribution is -2.49. The van der Waals surface area contributed by atoms with Crippen LogP contribution in [0.2, 0.25) is 0 Å². The molecule has 172 valence electrons. The van der Waals surface area contributed by atoms with E-state index < -0.39 is 21.7 Å². The second-order valence-electron chi connectivity index (χ2n) is 7.94. The largest absolute Gasteiger partial charge is 0.444 e. The predicted molar refractivity (Wildman–Crippen MR) is 119 cm³/mol. The summed E-state index contributed by atoms with van der Waals surface area (Å²) in [6.07, 6.45) is 3.17. The number of rotatable bonds is 12. The maximum atomic E-state index is 11.9. The first-order valence-corrected chi connectivity index (χ1v) is 11.9. The Morgan fingerprint density at radius 3 is 2.34 bits per heavy atom. The summed E-state index contributed by atoms with van der Waals surface area (Å²) in [7, 11) is 0.119. The number of nitrogens with zero attached hydrogens (tertiary/aromatic N) is 2. The summed E-state index contributed by atoms with van der Waals surface area (Å²) >= 11 is 0. The fourth-order valence-corrected chi connectivity index (χ4v) is 3.30. The topological polar surface area (TPSA) is 112 Å². The fraction of sp³-hybridized carbons (Fsp3) is 0.895. The van der Waals surface area contributed by atoms with Crippen molar-refractivity contribution in [1.29, 1.82) is 0 Å². The van der Waals surface area contributed by atoms with Crippen molar-refractivity contribution in [2.75, 3.05) is 39.5 Å². The molecule has 3 N–H and O–H groups in total. The van der Waals surface area contributed by atoms with E-state index in [1.807, 2.05) is 20.8 Å². The summed E-state index contributed by atoms with van der Waals surface area (Å²) in [5, 5.41) is 9.33. The smallest absolute Gasteiger partial charge is 0.407 e. The Morgan fingerprint density at radius 2 is 1.83 bits per heavy atom. The highest BCUT2D eigenvalue weighted by atomic mass is 32.2. The van der Waals surface area contributed by atoms with Crippen LogP contribution in [-0.4, -0.2) is 75.9 Å². The molecule has 0 aromatic carbocycles. The van der Waals surface area contributed by atoms with Gasteiger partial charge in [-0.1, -0.05) is 19.8 Å². The fourth-order valence-electron chi connectivity index (χ4n) is 2.45. The molecule has 0 saturated carbocycles. The van der Waals surface area contributed by atoms with Crippen molar-refractivity contribution in [2.24, 2.45) is 4.99 Å². The van der Waals surface area contributed by atoms with Crippen LogP contribution in [0.4, 0.5) is 4.79 Å². The van der Waals surface area contributed by atoms with Gasteiger partial charge in [0.25, 0.3) is 0 Å². The van der Waals surface area contributed by atoms with Gasteiger partial charge >= 0.3 is 6.09 Å². The van der Waals surface area contributed by atoms with E-state index in [-0.39, 0.29) is 11.8 Å². The number of alkyl carbamates (subject to hydrolysis) is 1. The van der Waals surface area contributed by atoms with Gasteiger partial charge in [0.2, 0.25) is 10.0 Å². The number of ether oxygens (including phenoxy) is 1. The van der Waals surface area contributed by atoms with Crippen molar-refractivity contribution in [2.45, 2.75) is 71.9 Å². The zero-order valence-corrected chi connectivity index (χ0v) is 20.0. The molecule has 0 bridgehead atoms. The number of nitrogens with one attached hydrogen (secondary N) is 3. The SMILES string of the molecule is CCCCC(CNC(=O)OC(C)(C)C)NC(=NC)NCCCN(C)S(=O)(=O)CC. The Bertz CT molecular complexity index is 602. The zero-order valence-electron chi connectivity index (χ0n) is 19.2. The van der Waals surface area contributed by atoms with Gasteiger partial charge in [-0.05, 0) is 40.5 Å². The Morgan fingerprint density at radius 1 is 1.17 bits per heavy atom. The van der Waals surface area contributed by atoms with E-state index in [9.17, 15) is 13.2 Å². The molecule has 0 aromatic heterocycles. The molecule has 1 unspecified atom stereocenters. The highest BCUT2D eigenvalue weighted by molar-refractivity contribution is 7.89. The summed E-state index contributed by atoms with van der Waals surface area (Å²) in [6.45, 7) is 10.7. The van der Waals surface area contributed by atoms with Crippen molar-refractivity contribution >= 4 is 22.1 Å². The van der Waals surface area contributed by atoms with E-state index in [0.717, 1.165) is 19.3 Å². The van der Waals surface area contributed by atoms with Crippen molar-refractivity contribution in [3.05, 3.63) is 0 Å². The number of hydrogen-bond donors (Lipinski definition) is 3. The van der Waals surface area contributed by atoms with Gasteiger partial charge in [0, 0.05) is 39.8 Å². The average molecular weight is 436 g/mol. The van der Waals surface area contributed by atoms with Gasteiger partial charge in [0.05, 0.1) is 5.75 Å². The normalized spacial score (nSPS) is 13.9. The molecule has 0 aliphatic heterocycles. The number of amides is 1. The lowest BCUT2D eigenvalue weighted by atomic mass is 10.1. The minimum absolute atomic E-state index is 0.0109. The third-order valence-corrected chi connectivity index (χ3v) is 6.01. The number of guanidine groups is 1. The zero-order chi connectivity index (χ0) is 22.5. The van der Waals surface area contributed by atoms with Crippen LogP contribution in [0.25, 0.3) is 0 Å². The second kappa shape index (κ2) is 13.6. The van der Waals surface area contributed by atoms with Crippen LogP contribution in [0, 0.1) is 0 Å². The van der Waals surface area contributed by atoms with E-state index in [1.54, 1.807) is 21.0 Å². The molecule has 0 spiro atoms. The van der Waals surface area contributed by atoms with Crippen molar-refractivity contribution in [1.82, 2.24) is 20.3 Å². The maximum absolute atomic E-state index is 11.9. The van der Waals surface area contributed by atoms with Crippen molar-refractivity contribution < 1.29 is 17.9 Å². The monoisotopic (exact) mass is 435 g/mol. The van der Waals surface area contributed by atoms with Gasteiger partial charge in [-0.3, -0.25) is 4.99 Å². The molecule has 0 aromatic rings. The minimum Gasteiger partial charge on any atom is -0.444 e. The summed E-state index contributed by atoms with van der Waals surface area (Å²) in [5.41, 5.74) is -0.535. The van der Waals surface area contributed by atoms with E-state index >= 15 is 0 Å². The molecular weight excluding hydrogens is 394 g/mol. The summed E-state index contributed by atoms with van der Waals surface area (Å²) in [4.78, 5) is 16.1. The molecule has 0 aliphatic carbocycles. The van der Waals surface area contributed by atoms with Gasteiger partial charge in [-0.25, -0.2) is 17.5 Å². The molecule has 1 amide bonds. The standard InChI is InChI=1S/C19H41N5O4S/c1-8-10-12-16(15-22-18(25)28-19(3,4)5)23-17(20-6)21-13-11-14-24(7)29(26,27)9-2/h16H,8-15H2,1-7H3,(H,22,25)(H2,20,21,23). The van der Waals surface area contributed by atoms with Crippen LogP contribution in [0.5, 0.6) is 0 Å². The third kappa shape index (κ3) is 13.3. The lowest BCUT2D eigenvalue weighted by molar-refractivity contribution is 0.0522. The number of hydrogen-bond acceptors (Lipinski definition) is 5. The maximum Gasteiger partial charge on any atom is 0.407 e. The molecule has 29 heavy (non-hydrogen) atoms. The van der Waals surface area contributed by atoms with E-state index in [2.05, 4.69) is 27.9 Å². The molecule has 0 saturated heterocycles.